The van der Waals surface area contributed by atoms with E-state index in [0.717, 1.165) is 16.7 Å². The molecule has 0 radical (unpaired) electrons. The summed E-state index contributed by atoms with van der Waals surface area (Å²) < 4.78 is 0. The van der Waals surface area contributed by atoms with E-state index < -0.39 is 0 Å². The Morgan fingerprint density at radius 2 is 0.833 bits per heavy atom. The normalized spacial score (nSPS) is 12.2. The Morgan fingerprint density at radius 1 is 0.500 bits per heavy atom. The van der Waals surface area contributed by atoms with Crippen molar-refractivity contribution in [1.29, 1.82) is 0 Å². The molecule has 3 rings (SSSR count). The average Bonchev–Trinajstić information content (AvgIpc) is 2.84. The van der Waals surface area contributed by atoms with Crippen molar-refractivity contribution in [2.45, 2.75) is 112 Å². The van der Waals surface area contributed by atoms with Crippen molar-refractivity contribution in [1.82, 2.24) is 0 Å². The van der Waals surface area contributed by atoms with Gasteiger partial charge in [0, 0.05) is 22.8 Å². The molecule has 0 N–H and O–H groups in total. The maximum Gasteiger partial charge on any atom is 0.286 e. The summed E-state index contributed by atoms with van der Waals surface area (Å²) in [7, 11) is 0. The topological polar surface area (TPSA) is 43.1 Å². The molecular weight excluding hydrogens is 514 g/mol. The standard InChI is InChI=1S/C39H47NO2/c1-26-18-30(17-15-28-21-33(38(8,9)10)25-34(22-28)39(11,12)13)35(40(41)42)23-29(26)16-14-27-19-31(36(2,3)4)24-32(20-27)37(5,6)7/h18-25H,1-13H3. The first-order valence-corrected chi connectivity index (χ1v) is 14.7. The van der Waals surface area contributed by atoms with Crippen molar-refractivity contribution in [3.63, 3.8) is 0 Å². The quantitative estimate of drug-likeness (QED) is 0.169. The van der Waals surface area contributed by atoms with Gasteiger partial charge in [0.15, 0.2) is 0 Å². The molecule has 0 aliphatic rings. The molecule has 0 aliphatic heterocycles. The lowest BCUT2D eigenvalue weighted by molar-refractivity contribution is -0.385. The van der Waals surface area contributed by atoms with Gasteiger partial charge < -0.3 is 0 Å². The fourth-order valence-corrected chi connectivity index (χ4v) is 4.49. The van der Waals surface area contributed by atoms with Crippen LogP contribution >= 0.6 is 0 Å². The van der Waals surface area contributed by atoms with Crippen LogP contribution in [0.4, 0.5) is 5.69 Å². The predicted octanol–water partition coefficient (Wildman–Crippen LogP) is 9.89. The second-order valence-corrected chi connectivity index (χ2v) is 15.5. The maximum absolute atomic E-state index is 12.1. The van der Waals surface area contributed by atoms with Gasteiger partial charge in [-0.15, -0.1) is 0 Å². The smallest absolute Gasteiger partial charge is 0.258 e. The number of benzene rings is 3. The summed E-state index contributed by atoms with van der Waals surface area (Å²) in [5.74, 6) is 12.9. The SMILES string of the molecule is Cc1cc(C#Cc2cc(C(C)(C)C)cc(C(C)(C)C)c2)c([N+](=O)[O-])cc1C#Cc1cc(C(C)(C)C)cc(C(C)(C)C)c1. The van der Waals surface area contributed by atoms with Crippen LogP contribution in [-0.2, 0) is 21.7 Å². The van der Waals surface area contributed by atoms with Gasteiger partial charge in [-0.1, -0.05) is 119 Å². The van der Waals surface area contributed by atoms with Gasteiger partial charge >= 0.3 is 0 Å². The van der Waals surface area contributed by atoms with Crippen LogP contribution in [0.1, 0.15) is 133 Å². The van der Waals surface area contributed by atoms with Gasteiger partial charge in [0.05, 0.1) is 4.92 Å². The molecule has 3 aromatic rings. The molecular formula is C39H47NO2. The molecule has 0 unspecified atom stereocenters. The van der Waals surface area contributed by atoms with Crippen LogP contribution in [-0.4, -0.2) is 4.92 Å². The molecule has 0 fully saturated rings. The van der Waals surface area contributed by atoms with Crippen molar-refractivity contribution in [3.8, 4) is 23.7 Å². The Balaban J connectivity index is 2.12. The van der Waals surface area contributed by atoms with Gasteiger partial charge in [0.2, 0.25) is 0 Å². The Hall–Kier alpha value is -3.82. The largest absolute Gasteiger partial charge is 0.286 e. The molecule has 0 saturated carbocycles. The third-order valence-electron chi connectivity index (χ3n) is 7.55. The molecule has 3 aromatic carbocycles. The Bertz CT molecular complexity index is 1570. The first-order valence-electron chi connectivity index (χ1n) is 14.7. The predicted molar refractivity (Wildman–Crippen MR) is 177 cm³/mol. The summed E-state index contributed by atoms with van der Waals surface area (Å²) in [4.78, 5) is 11.8. The summed E-state index contributed by atoms with van der Waals surface area (Å²) in [6.45, 7) is 28.2. The Morgan fingerprint density at radius 3 is 1.14 bits per heavy atom. The third-order valence-corrected chi connectivity index (χ3v) is 7.55. The monoisotopic (exact) mass is 561 g/mol. The maximum atomic E-state index is 12.1. The van der Waals surface area contributed by atoms with Gasteiger partial charge in [-0.05, 0) is 86.7 Å². The van der Waals surface area contributed by atoms with Crippen molar-refractivity contribution < 1.29 is 4.92 Å². The molecule has 0 amide bonds. The van der Waals surface area contributed by atoms with Crippen molar-refractivity contribution >= 4 is 5.69 Å². The fourth-order valence-electron chi connectivity index (χ4n) is 4.49. The van der Waals surface area contributed by atoms with Crippen LogP contribution in [0.2, 0.25) is 0 Å². The second kappa shape index (κ2) is 11.5. The highest BCUT2D eigenvalue weighted by atomic mass is 16.6. The minimum atomic E-state index is -0.362. The van der Waals surface area contributed by atoms with Gasteiger partial charge in [-0.3, -0.25) is 10.1 Å². The number of nitro benzene ring substituents is 1. The van der Waals surface area contributed by atoms with E-state index in [0.29, 0.717) is 11.1 Å². The van der Waals surface area contributed by atoms with E-state index in [4.69, 9.17) is 0 Å². The second-order valence-electron chi connectivity index (χ2n) is 15.5. The molecule has 3 nitrogen and oxygen atoms in total. The molecule has 3 heteroatoms. The lowest BCUT2D eigenvalue weighted by Gasteiger charge is -2.25. The molecule has 0 saturated heterocycles. The molecule has 0 heterocycles. The minimum absolute atomic E-state index is 0.0211. The molecule has 0 spiro atoms. The highest BCUT2D eigenvalue weighted by Gasteiger charge is 2.22. The fraction of sp³-hybridized carbons (Fsp3) is 0.436. The van der Waals surface area contributed by atoms with Crippen LogP contribution in [0.5, 0.6) is 0 Å². The summed E-state index contributed by atoms with van der Waals surface area (Å²) in [6, 6.07) is 16.3. The van der Waals surface area contributed by atoms with Crippen LogP contribution in [0.15, 0.2) is 48.5 Å². The van der Waals surface area contributed by atoms with Crippen LogP contribution < -0.4 is 0 Å². The zero-order chi connectivity index (χ0) is 31.8. The Kier molecular flexibility index (Phi) is 8.92. The number of aryl methyl sites for hydroxylation is 1. The highest BCUT2D eigenvalue weighted by molar-refractivity contribution is 5.61. The van der Waals surface area contributed by atoms with E-state index in [1.165, 1.54) is 22.3 Å². The lowest BCUT2D eigenvalue weighted by Crippen LogP contribution is -2.16. The van der Waals surface area contributed by atoms with Crippen molar-refractivity contribution in [3.05, 3.63) is 109 Å². The molecule has 0 aliphatic carbocycles. The van der Waals surface area contributed by atoms with Gasteiger partial charge in [0.25, 0.3) is 5.69 Å². The zero-order valence-electron chi connectivity index (χ0n) is 27.9. The molecule has 220 valence electrons. The summed E-state index contributed by atoms with van der Waals surface area (Å²) in [5.41, 5.74) is 8.33. The molecule has 0 atom stereocenters. The van der Waals surface area contributed by atoms with Crippen LogP contribution in [0.25, 0.3) is 0 Å². The van der Waals surface area contributed by atoms with Crippen LogP contribution in [0.3, 0.4) is 0 Å². The first-order chi connectivity index (χ1) is 19.1. The van der Waals surface area contributed by atoms with E-state index in [1.54, 1.807) is 12.1 Å². The Labute approximate surface area is 254 Å². The number of hydrogen-bond acceptors (Lipinski definition) is 2. The van der Waals surface area contributed by atoms with Gasteiger partial charge in [-0.2, -0.15) is 0 Å². The average molecular weight is 562 g/mol. The molecule has 0 bridgehead atoms. The first kappa shape index (κ1) is 32.7. The lowest BCUT2D eigenvalue weighted by atomic mass is 9.79. The summed E-state index contributed by atoms with van der Waals surface area (Å²) in [6.07, 6.45) is 0. The summed E-state index contributed by atoms with van der Waals surface area (Å²) >= 11 is 0. The van der Waals surface area contributed by atoms with E-state index >= 15 is 0 Å². The van der Waals surface area contributed by atoms with Crippen LogP contribution in [0, 0.1) is 40.7 Å². The number of rotatable bonds is 1. The van der Waals surface area contributed by atoms with E-state index in [-0.39, 0.29) is 32.3 Å². The third kappa shape index (κ3) is 8.14. The number of nitrogens with zero attached hydrogens (tertiary/aromatic N) is 1. The van der Waals surface area contributed by atoms with Gasteiger partial charge in [-0.25, -0.2) is 0 Å². The minimum Gasteiger partial charge on any atom is -0.258 e. The molecule has 42 heavy (non-hydrogen) atoms. The van der Waals surface area contributed by atoms with E-state index in [9.17, 15) is 10.1 Å². The number of nitro groups is 1. The van der Waals surface area contributed by atoms with E-state index in [1.807, 2.05) is 6.92 Å². The summed E-state index contributed by atoms with van der Waals surface area (Å²) in [5, 5.41) is 12.1. The van der Waals surface area contributed by atoms with Gasteiger partial charge in [0.1, 0.15) is 5.56 Å². The van der Waals surface area contributed by atoms with Crippen molar-refractivity contribution in [2.75, 3.05) is 0 Å². The van der Waals surface area contributed by atoms with E-state index in [2.05, 4.69) is 143 Å². The number of hydrogen-bond donors (Lipinski definition) is 0. The zero-order valence-corrected chi connectivity index (χ0v) is 27.9. The highest BCUT2D eigenvalue weighted by Crippen LogP contribution is 2.32. The van der Waals surface area contributed by atoms with Crippen molar-refractivity contribution in [2.24, 2.45) is 0 Å². The molecule has 0 aromatic heterocycles.